The molecule has 1 aliphatic heterocycles. The van der Waals surface area contributed by atoms with E-state index in [1.807, 2.05) is 13.8 Å². The molecule has 9 nitrogen and oxygen atoms in total. The first-order valence-electron chi connectivity index (χ1n) is 10.7. The summed E-state index contributed by atoms with van der Waals surface area (Å²) < 4.78 is 6.74. The Hall–Kier alpha value is -2.10. The summed E-state index contributed by atoms with van der Waals surface area (Å²) in [4.78, 5) is 50.9. The van der Waals surface area contributed by atoms with E-state index in [-0.39, 0.29) is 19.3 Å². The first-order valence-corrected chi connectivity index (χ1v) is 10.7. The van der Waals surface area contributed by atoms with Gasteiger partial charge >= 0.3 is 5.69 Å². The summed E-state index contributed by atoms with van der Waals surface area (Å²) in [5, 5.41) is 21.8. The molecule has 0 aromatic carbocycles. The Labute approximate surface area is 175 Å². The molecule has 0 amide bonds. The molecule has 4 atom stereocenters. The molecule has 2 rings (SSSR count). The van der Waals surface area contributed by atoms with Crippen LogP contribution in [-0.2, 0) is 14.3 Å². The molecule has 2 heterocycles. The first-order chi connectivity index (χ1) is 14.2. The third-order valence-corrected chi connectivity index (χ3v) is 5.56. The number of aromatic amines is 1. The van der Waals surface area contributed by atoms with Gasteiger partial charge < -0.3 is 14.9 Å². The van der Waals surface area contributed by atoms with Gasteiger partial charge in [-0.15, -0.1) is 0 Å². The molecule has 0 aliphatic carbocycles. The maximum Gasteiger partial charge on any atom is 0.330 e. The van der Waals surface area contributed by atoms with Gasteiger partial charge in [-0.3, -0.25) is 23.9 Å². The summed E-state index contributed by atoms with van der Waals surface area (Å²) in [5.41, 5.74) is -3.46. The molecule has 0 bridgehead atoms. The highest BCUT2D eigenvalue weighted by Crippen LogP contribution is 2.40. The minimum atomic E-state index is -2.10. The van der Waals surface area contributed by atoms with Gasteiger partial charge in [0.25, 0.3) is 5.56 Å². The number of H-pyrrole nitrogens is 1. The van der Waals surface area contributed by atoms with Gasteiger partial charge in [-0.1, -0.05) is 39.5 Å². The van der Waals surface area contributed by atoms with Crippen molar-refractivity contribution < 1.29 is 24.5 Å². The lowest BCUT2D eigenvalue weighted by Gasteiger charge is -2.29. The molecule has 1 aliphatic rings. The van der Waals surface area contributed by atoms with E-state index in [4.69, 9.17) is 4.74 Å². The Bertz CT molecular complexity index is 846. The Kier molecular flexibility index (Phi) is 8.69. The molecule has 1 aromatic heterocycles. The van der Waals surface area contributed by atoms with E-state index in [1.165, 1.54) is 6.20 Å². The lowest BCUT2D eigenvalue weighted by Crippen LogP contribution is -2.53. The zero-order valence-electron chi connectivity index (χ0n) is 17.6. The van der Waals surface area contributed by atoms with E-state index in [1.54, 1.807) is 0 Å². The number of aromatic nitrogens is 2. The molecule has 1 fully saturated rings. The summed E-state index contributed by atoms with van der Waals surface area (Å²) >= 11 is 0. The third kappa shape index (κ3) is 5.53. The largest absolute Gasteiger partial charge is 0.382 e. The minimum Gasteiger partial charge on any atom is -0.382 e. The smallest absolute Gasteiger partial charge is 0.330 e. The molecule has 3 N–H and O–H groups in total. The van der Waals surface area contributed by atoms with Gasteiger partial charge in [-0.05, 0) is 12.8 Å². The number of unbranched alkanes of at least 4 members (excludes halogenated alkanes) is 4. The Balaban J connectivity index is 2.29. The highest BCUT2D eigenvalue weighted by molar-refractivity contribution is 5.91. The second-order valence-electron chi connectivity index (χ2n) is 7.91. The summed E-state index contributed by atoms with van der Waals surface area (Å²) in [6.45, 7) is 3.97. The number of aliphatic hydroxyl groups is 2. The van der Waals surface area contributed by atoms with Crippen molar-refractivity contribution in [2.75, 3.05) is 0 Å². The number of nitrogens with zero attached hydrogens (tertiary/aromatic N) is 1. The van der Waals surface area contributed by atoms with Crippen LogP contribution in [0.25, 0.3) is 0 Å². The van der Waals surface area contributed by atoms with E-state index in [0.717, 1.165) is 36.3 Å². The highest BCUT2D eigenvalue weighted by atomic mass is 16.6. The summed E-state index contributed by atoms with van der Waals surface area (Å²) in [5.74, 6) is -1.04. The summed E-state index contributed by atoms with van der Waals surface area (Å²) in [6.07, 6.45) is 1.38. The van der Waals surface area contributed by atoms with Crippen molar-refractivity contribution >= 4 is 11.6 Å². The number of hydrogen-bond acceptors (Lipinski definition) is 7. The van der Waals surface area contributed by atoms with Crippen molar-refractivity contribution in [2.45, 2.75) is 95.7 Å². The molecule has 0 saturated carbocycles. The number of carbonyl (C=O) groups excluding carboxylic acids is 2. The quantitative estimate of drug-likeness (QED) is 0.429. The van der Waals surface area contributed by atoms with Crippen LogP contribution in [0.15, 0.2) is 21.9 Å². The van der Waals surface area contributed by atoms with Gasteiger partial charge in [-0.2, -0.15) is 0 Å². The van der Waals surface area contributed by atoms with Crippen LogP contribution in [0.5, 0.6) is 0 Å². The zero-order chi connectivity index (χ0) is 22.3. The maximum atomic E-state index is 12.9. The Morgan fingerprint density at radius 1 is 1.20 bits per heavy atom. The van der Waals surface area contributed by atoms with Crippen molar-refractivity contribution in [3.63, 3.8) is 0 Å². The summed E-state index contributed by atoms with van der Waals surface area (Å²) in [6, 6.07) is 1.12. The van der Waals surface area contributed by atoms with E-state index in [2.05, 4.69) is 4.98 Å². The number of ether oxygens (including phenoxy) is 1. The van der Waals surface area contributed by atoms with Gasteiger partial charge in [0.05, 0.1) is 0 Å². The van der Waals surface area contributed by atoms with Gasteiger partial charge in [0, 0.05) is 31.5 Å². The molecule has 30 heavy (non-hydrogen) atoms. The van der Waals surface area contributed by atoms with Crippen molar-refractivity contribution in [3.8, 4) is 0 Å². The molecule has 168 valence electrons. The molecule has 0 spiro atoms. The standard InChI is InChI=1S/C21H32N2O7/c1-3-5-7-9-14(24)18(27)19-21(29,15(25)10-8-6-4-2)13-17(30-19)23-12-11-16(26)22-20(23)28/h11-12,17-19,27,29H,3-10,13H2,1-2H3,(H,22,26,28)/t17-,18?,19-,21-/m1/s1. The molecule has 1 saturated heterocycles. The number of ketones is 2. The minimum absolute atomic E-state index is 0.0776. The highest BCUT2D eigenvalue weighted by Gasteiger charge is 2.56. The maximum absolute atomic E-state index is 12.9. The van der Waals surface area contributed by atoms with E-state index < -0.39 is 46.9 Å². The number of aliphatic hydroxyl groups excluding tert-OH is 1. The predicted octanol–water partition coefficient (Wildman–Crippen LogP) is 1.21. The fourth-order valence-corrected chi connectivity index (χ4v) is 3.76. The van der Waals surface area contributed by atoms with Gasteiger partial charge in [0.15, 0.2) is 17.2 Å². The topological polar surface area (TPSA) is 139 Å². The fraction of sp³-hybridized carbons (Fsp3) is 0.714. The molecule has 1 aromatic rings. The average molecular weight is 424 g/mol. The monoisotopic (exact) mass is 424 g/mol. The van der Waals surface area contributed by atoms with Crippen LogP contribution in [0.2, 0.25) is 0 Å². The van der Waals surface area contributed by atoms with E-state index >= 15 is 0 Å². The number of Topliss-reactive ketones (excluding diaryl/α,β-unsaturated/α-hetero) is 2. The lowest BCUT2D eigenvalue weighted by atomic mass is 9.83. The summed E-state index contributed by atoms with van der Waals surface area (Å²) in [7, 11) is 0. The van der Waals surface area contributed by atoms with Gasteiger partial charge in [0.1, 0.15) is 18.4 Å². The zero-order valence-corrected chi connectivity index (χ0v) is 17.6. The van der Waals surface area contributed by atoms with Crippen LogP contribution in [0.1, 0.15) is 77.9 Å². The van der Waals surface area contributed by atoms with Gasteiger partial charge in [-0.25, -0.2) is 4.79 Å². The van der Waals surface area contributed by atoms with Crippen LogP contribution in [0, 0.1) is 0 Å². The Morgan fingerprint density at radius 3 is 2.43 bits per heavy atom. The predicted molar refractivity (Wildman–Crippen MR) is 109 cm³/mol. The number of carbonyl (C=O) groups is 2. The third-order valence-electron chi connectivity index (χ3n) is 5.56. The molecular formula is C21H32N2O7. The van der Waals surface area contributed by atoms with Crippen LogP contribution >= 0.6 is 0 Å². The van der Waals surface area contributed by atoms with Crippen molar-refractivity contribution in [3.05, 3.63) is 33.1 Å². The lowest BCUT2D eigenvalue weighted by molar-refractivity contribution is -0.160. The van der Waals surface area contributed by atoms with Crippen molar-refractivity contribution in [1.29, 1.82) is 0 Å². The second kappa shape index (κ2) is 10.8. The van der Waals surface area contributed by atoms with Crippen molar-refractivity contribution in [2.24, 2.45) is 0 Å². The molecule has 0 radical (unpaired) electrons. The molecule has 9 heteroatoms. The number of nitrogens with one attached hydrogen (secondary N) is 1. The fourth-order valence-electron chi connectivity index (χ4n) is 3.76. The van der Waals surface area contributed by atoms with Crippen LogP contribution in [0.3, 0.4) is 0 Å². The molecule has 1 unspecified atom stereocenters. The van der Waals surface area contributed by atoms with Gasteiger partial charge in [0.2, 0.25) is 0 Å². The molecular weight excluding hydrogens is 392 g/mol. The normalized spacial score (nSPS) is 24.7. The Morgan fingerprint density at radius 2 is 1.83 bits per heavy atom. The number of rotatable bonds is 12. The van der Waals surface area contributed by atoms with E-state index in [0.29, 0.717) is 12.8 Å². The van der Waals surface area contributed by atoms with Crippen LogP contribution in [0.4, 0.5) is 0 Å². The number of hydrogen-bond donors (Lipinski definition) is 3. The first kappa shape index (κ1) is 24.2. The van der Waals surface area contributed by atoms with Crippen LogP contribution in [-0.4, -0.2) is 49.1 Å². The second-order valence-corrected chi connectivity index (χ2v) is 7.91. The van der Waals surface area contributed by atoms with Crippen molar-refractivity contribution in [1.82, 2.24) is 9.55 Å². The van der Waals surface area contributed by atoms with Crippen LogP contribution < -0.4 is 11.2 Å². The SMILES string of the molecule is CCCCCC(=O)C(O)[C@H]1O[C@@H](n2ccc(=O)[nH]c2=O)C[C@@]1(O)C(=O)CCCCC. The average Bonchev–Trinajstić information content (AvgIpc) is 3.06. The van der Waals surface area contributed by atoms with E-state index in [9.17, 15) is 29.4 Å².